The van der Waals surface area contributed by atoms with E-state index in [1.54, 1.807) is 18.0 Å². The summed E-state index contributed by atoms with van der Waals surface area (Å²) in [7, 11) is 1.75. The molecule has 0 saturated heterocycles. The van der Waals surface area contributed by atoms with Gasteiger partial charge in [-0.2, -0.15) is 0 Å². The predicted molar refractivity (Wildman–Crippen MR) is 96.2 cm³/mol. The summed E-state index contributed by atoms with van der Waals surface area (Å²) in [4.78, 5) is 13.5. The summed E-state index contributed by atoms with van der Waals surface area (Å²) in [5, 5.41) is 4.63. The van der Waals surface area contributed by atoms with Gasteiger partial charge in [0, 0.05) is 30.2 Å². The lowest BCUT2D eigenvalue weighted by molar-refractivity contribution is 0.0277. The van der Waals surface area contributed by atoms with Gasteiger partial charge in [-0.25, -0.2) is 4.79 Å². The van der Waals surface area contributed by atoms with Gasteiger partial charge in [-0.1, -0.05) is 36.2 Å². The largest absolute Gasteiger partial charge is 0.444 e. The van der Waals surface area contributed by atoms with Gasteiger partial charge in [0.05, 0.1) is 0 Å². The van der Waals surface area contributed by atoms with Crippen LogP contribution in [0, 0.1) is 5.92 Å². The lowest BCUT2D eigenvalue weighted by atomic mass is 10.1. The molecule has 0 aliphatic rings. The first kappa shape index (κ1) is 20.1. The number of carbonyl (C=O) groups is 1. The van der Waals surface area contributed by atoms with Crippen molar-refractivity contribution in [2.75, 3.05) is 20.1 Å². The van der Waals surface area contributed by atoms with Crippen LogP contribution < -0.4 is 5.32 Å². The second kappa shape index (κ2) is 8.76. The Morgan fingerprint density at radius 2 is 2.00 bits per heavy atom. The molecule has 6 heteroatoms. The Morgan fingerprint density at radius 3 is 2.57 bits per heavy atom. The number of benzene rings is 1. The summed E-state index contributed by atoms with van der Waals surface area (Å²) in [6.45, 7) is 9.72. The van der Waals surface area contributed by atoms with Crippen molar-refractivity contribution >= 4 is 29.3 Å². The van der Waals surface area contributed by atoms with Crippen molar-refractivity contribution in [1.82, 2.24) is 10.2 Å². The maximum absolute atomic E-state index is 11.9. The van der Waals surface area contributed by atoms with Crippen LogP contribution in [0.3, 0.4) is 0 Å². The Hall–Kier alpha value is -0.970. The van der Waals surface area contributed by atoms with Crippen molar-refractivity contribution in [3.8, 4) is 0 Å². The monoisotopic (exact) mass is 360 g/mol. The molecular formula is C17H26Cl2N2O2. The Balaban J connectivity index is 2.36. The molecule has 0 bridgehead atoms. The van der Waals surface area contributed by atoms with E-state index in [0.29, 0.717) is 29.1 Å². The minimum Gasteiger partial charge on any atom is -0.444 e. The van der Waals surface area contributed by atoms with E-state index in [1.165, 1.54) is 0 Å². The van der Waals surface area contributed by atoms with E-state index >= 15 is 0 Å². The average molecular weight is 361 g/mol. The van der Waals surface area contributed by atoms with E-state index in [2.05, 4.69) is 12.2 Å². The molecule has 0 saturated carbocycles. The second-order valence-corrected chi connectivity index (χ2v) is 7.68. The third kappa shape index (κ3) is 7.91. The minimum atomic E-state index is -0.474. The van der Waals surface area contributed by atoms with Crippen LogP contribution in [0.5, 0.6) is 0 Å². The summed E-state index contributed by atoms with van der Waals surface area (Å²) in [5.74, 6) is 0.290. The highest BCUT2D eigenvalue weighted by Crippen LogP contribution is 2.20. The Labute approximate surface area is 149 Å². The molecule has 0 aliphatic heterocycles. The topological polar surface area (TPSA) is 41.6 Å². The smallest absolute Gasteiger partial charge is 0.410 e. The van der Waals surface area contributed by atoms with Crippen LogP contribution in [0.2, 0.25) is 10.0 Å². The summed E-state index contributed by atoms with van der Waals surface area (Å²) >= 11 is 12.0. The van der Waals surface area contributed by atoms with Crippen molar-refractivity contribution < 1.29 is 9.53 Å². The molecule has 0 spiro atoms. The molecule has 0 fully saturated rings. The molecular weight excluding hydrogens is 335 g/mol. The van der Waals surface area contributed by atoms with E-state index in [9.17, 15) is 4.79 Å². The molecule has 4 nitrogen and oxygen atoms in total. The first-order valence-corrected chi connectivity index (χ1v) is 8.43. The first-order chi connectivity index (χ1) is 10.6. The number of amides is 1. The highest BCUT2D eigenvalue weighted by molar-refractivity contribution is 6.35. The van der Waals surface area contributed by atoms with Crippen molar-refractivity contribution in [1.29, 1.82) is 0 Å². The van der Waals surface area contributed by atoms with Gasteiger partial charge >= 0.3 is 6.09 Å². The van der Waals surface area contributed by atoms with Gasteiger partial charge in [0.2, 0.25) is 0 Å². The van der Waals surface area contributed by atoms with Crippen LogP contribution >= 0.6 is 23.2 Å². The number of nitrogens with one attached hydrogen (secondary N) is 1. The molecule has 1 amide bonds. The van der Waals surface area contributed by atoms with Crippen molar-refractivity contribution in [2.45, 2.75) is 39.8 Å². The lowest BCUT2D eigenvalue weighted by Crippen LogP contribution is -2.38. The molecule has 0 aliphatic carbocycles. The highest BCUT2D eigenvalue weighted by Gasteiger charge is 2.20. The molecule has 1 N–H and O–H groups in total. The van der Waals surface area contributed by atoms with E-state index < -0.39 is 5.60 Å². The number of halogens is 2. The molecule has 1 unspecified atom stereocenters. The highest BCUT2D eigenvalue weighted by atomic mass is 35.5. The van der Waals surface area contributed by atoms with Gasteiger partial charge in [0.1, 0.15) is 5.60 Å². The average Bonchev–Trinajstić information content (AvgIpc) is 2.39. The van der Waals surface area contributed by atoms with Crippen LogP contribution in [0.1, 0.15) is 33.3 Å². The third-order valence-corrected chi connectivity index (χ3v) is 3.70. The van der Waals surface area contributed by atoms with Crippen LogP contribution in [-0.4, -0.2) is 36.7 Å². The Kier molecular flexibility index (Phi) is 7.65. The molecule has 1 aromatic rings. The third-order valence-electron chi connectivity index (χ3n) is 3.11. The molecule has 0 heterocycles. The van der Waals surface area contributed by atoms with Gasteiger partial charge < -0.3 is 15.0 Å². The number of nitrogens with zero attached hydrogens (tertiary/aromatic N) is 1. The molecule has 130 valence electrons. The van der Waals surface area contributed by atoms with E-state index in [0.717, 1.165) is 12.1 Å². The van der Waals surface area contributed by atoms with Gasteiger partial charge in [0.25, 0.3) is 0 Å². The summed E-state index contributed by atoms with van der Waals surface area (Å²) in [6.07, 6.45) is -0.301. The molecule has 1 atom stereocenters. The van der Waals surface area contributed by atoms with Crippen molar-refractivity contribution in [3.63, 3.8) is 0 Å². The quantitative estimate of drug-likeness (QED) is 0.806. The first-order valence-electron chi connectivity index (χ1n) is 7.67. The maximum atomic E-state index is 11.9. The zero-order valence-electron chi connectivity index (χ0n) is 14.5. The lowest BCUT2D eigenvalue weighted by Gasteiger charge is -2.26. The fraction of sp³-hybridized carbons (Fsp3) is 0.588. The summed E-state index contributed by atoms with van der Waals surface area (Å²) < 4.78 is 5.34. The fourth-order valence-corrected chi connectivity index (χ4v) is 2.54. The van der Waals surface area contributed by atoms with E-state index in [4.69, 9.17) is 27.9 Å². The molecule has 0 radical (unpaired) electrons. The molecule has 1 rings (SSSR count). The predicted octanol–water partition coefficient (Wildman–Crippen LogP) is 4.59. The van der Waals surface area contributed by atoms with Gasteiger partial charge in [0.15, 0.2) is 0 Å². The van der Waals surface area contributed by atoms with Crippen molar-refractivity contribution in [3.05, 3.63) is 33.8 Å². The fourth-order valence-electron chi connectivity index (χ4n) is 2.06. The molecule has 0 aromatic heterocycles. The van der Waals surface area contributed by atoms with E-state index in [-0.39, 0.29) is 6.09 Å². The summed E-state index contributed by atoms with van der Waals surface area (Å²) in [5.41, 5.74) is 0.529. The molecule has 23 heavy (non-hydrogen) atoms. The van der Waals surface area contributed by atoms with E-state index in [1.807, 2.05) is 32.9 Å². The number of ether oxygens (including phenoxy) is 1. The number of hydrogen-bond donors (Lipinski definition) is 1. The second-order valence-electron chi connectivity index (χ2n) is 6.83. The van der Waals surface area contributed by atoms with Crippen molar-refractivity contribution in [2.24, 2.45) is 5.92 Å². The number of rotatable bonds is 6. The van der Waals surface area contributed by atoms with Crippen LogP contribution in [0.4, 0.5) is 4.79 Å². The van der Waals surface area contributed by atoms with Gasteiger partial charge in [-0.05, 0) is 50.9 Å². The zero-order chi connectivity index (χ0) is 17.6. The Morgan fingerprint density at radius 1 is 1.35 bits per heavy atom. The SMILES string of the molecule is CC(CNCc1ccc(Cl)cc1Cl)CN(C)C(=O)OC(C)(C)C. The van der Waals surface area contributed by atoms with Gasteiger partial charge in [-0.15, -0.1) is 0 Å². The van der Waals surface area contributed by atoms with Gasteiger partial charge in [-0.3, -0.25) is 0 Å². The zero-order valence-corrected chi connectivity index (χ0v) is 16.0. The molecule has 1 aromatic carbocycles. The van der Waals surface area contributed by atoms with Crippen LogP contribution in [-0.2, 0) is 11.3 Å². The minimum absolute atomic E-state index is 0.290. The van der Waals surface area contributed by atoms with Crippen LogP contribution in [0.15, 0.2) is 18.2 Å². The maximum Gasteiger partial charge on any atom is 0.410 e. The standard InChI is InChI=1S/C17H26Cl2N2O2/c1-12(11-21(5)16(22)23-17(2,3)4)9-20-10-13-6-7-14(18)8-15(13)19/h6-8,12,20H,9-11H2,1-5H3. The number of hydrogen-bond acceptors (Lipinski definition) is 3. The number of carbonyl (C=O) groups excluding carboxylic acids is 1. The normalized spacial score (nSPS) is 12.8. The Bertz CT molecular complexity index is 530. The van der Waals surface area contributed by atoms with Crippen LogP contribution in [0.25, 0.3) is 0 Å². The summed E-state index contributed by atoms with van der Waals surface area (Å²) in [6, 6.07) is 5.47.